The van der Waals surface area contributed by atoms with E-state index in [1.54, 1.807) is 24.0 Å². The van der Waals surface area contributed by atoms with Gasteiger partial charge in [-0.15, -0.1) is 0 Å². The summed E-state index contributed by atoms with van der Waals surface area (Å²) in [5.74, 6) is -0.229. The summed E-state index contributed by atoms with van der Waals surface area (Å²) in [7, 11) is -3.62. The lowest BCUT2D eigenvalue weighted by Crippen LogP contribution is -2.51. The van der Waals surface area contributed by atoms with Crippen LogP contribution in [0.2, 0.25) is 0 Å². The number of amides is 2. The molecule has 1 fully saturated rings. The second-order valence-corrected chi connectivity index (χ2v) is 11.8. The van der Waals surface area contributed by atoms with Crippen molar-refractivity contribution in [1.82, 2.24) is 25.2 Å². The number of nitrogens with zero attached hydrogens (tertiary/aromatic N) is 1. The number of H-pyrrole nitrogens is 1. The van der Waals surface area contributed by atoms with E-state index in [1.165, 1.54) is 0 Å². The molecule has 0 aliphatic carbocycles. The fraction of sp³-hybridized carbons (Fsp3) is 0.429. The van der Waals surface area contributed by atoms with Gasteiger partial charge in [-0.05, 0) is 67.2 Å². The van der Waals surface area contributed by atoms with Crippen molar-refractivity contribution < 1.29 is 22.7 Å². The number of hydrogen-bond donors (Lipinski definition) is 4. The van der Waals surface area contributed by atoms with Crippen LogP contribution in [-0.4, -0.2) is 68.6 Å². The first-order valence-corrected chi connectivity index (χ1v) is 15.0. The van der Waals surface area contributed by atoms with E-state index >= 15 is 0 Å². The molecule has 39 heavy (non-hydrogen) atoms. The monoisotopic (exact) mass is 553 g/mol. The second kappa shape index (κ2) is 11.8. The number of piperidine rings is 1. The number of nitrogens with one attached hydrogen (secondary N) is 4. The maximum Gasteiger partial charge on any atom is 0.408 e. The van der Waals surface area contributed by atoms with Gasteiger partial charge in [-0.3, -0.25) is 4.79 Å². The summed E-state index contributed by atoms with van der Waals surface area (Å²) in [5, 5.41) is 7.09. The first-order chi connectivity index (χ1) is 18.8. The van der Waals surface area contributed by atoms with Crippen LogP contribution >= 0.6 is 0 Å². The van der Waals surface area contributed by atoms with Gasteiger partial charge in [0.05, 0.1) is 4.90 Å². The predicted molar refractivity (Wildman–Crippen MR) is 148 cm³/mol. The molecule has 0 radical (unpaired) electrons. The Bertz CT molecular complexity index is 1450. The molecule has 0 unspecified atom stereocenters. The lowest BCUT2D eigenvalue weighted by molar-refractivity contribution is -0.134. The molecule has 3 aromatic rings. The minimum absolute atomic E-state index is 0.177. The zero-order chi connectivity index (χ0) is 27.4. The Hall–Kier alpha value is -3.41. The van der Waals surface area contributed by atoms with Gasteiger partial charge in [0, 0.05) is 43.2 Å². The number of carbonyl (C=O) groups excluding carboxylic acids is 2. The lowest BCUT2D eigenvalue weighted by atomic mass is 9.98. The van der Waals surface area contributed by atoms with E-state index in [4.69, 9.17) is 4.74 Å². The molecule has 208 valence electrons. The largest absolute Gasteiger partial charge is 0.446 e. The lowest BCUT2D eigenvalue weighted by Gasteiger charge is -2.32. The maximum absolute atomic E-state index is 13.9. The molecule has 10 nitrogen and oxygen atoms in total. The maximum atomic E-state index is 13.9. The molecule has 1 aromatic heterocycles. The molecule has 0 spiro atoms. The minimum Gasteiger partial charge on any atom is -0.446 e. The number of rotatable bonds is 8. The van der Waals surface area contributed by atoms with Crippen LogP contribution in [0.4, 0.5) is 4.79 Å². The zero-order valence-electron chi connectivity index (χ0n) is 22.0. The molecule has 4 N–H and O–H groups in total. The number of alkyl carbamates (subject to hydrolysis) is 1. The summed E-state index contributed by atoms with van der Waals surface area (Å²) in [4.78, 5) is 31.9. The Morgan fingerprint density at radius 2 is 1.92 bits per heavy atom. The summed E-state index contributed by atoms with van der Waals surface area (Å²) in [6.07, 6.45) is 3.44. The van der Waals surface area contributed by atoms with Crippen molar-refractivity contribution in [3.05, 3.63) is 65.4 Å². The Kier molecular flexibility index (Phi) is 8.20. The molecule has 2 aliphatic heterocycles. The van der Waals surface area contributed by atoms with Gasteiger partial charge >= 0.3 is 6.09 Å². The van der Waals surface area contributed by atoms with Crippen molar-refractivity contribution in [3.63, 3.8) is 0 Å². The second-order valence-electron chi connectivity index (χ2n) is 10.1. The fourth-order valence-electron chi connectivity index (χ4n) is 5.34. The molecule has 0 bridgehead atoms. The van der Waals surface area contributed by atoms with Gasteiger partial charge in [0.1, 0.15) is 12.1 Å². The third kappa shape index (κ3) is 6.26. The van der Waals surface area contributed by atoms with E-state index < -0.39 is 22.2 Å². The molecular formula is C28H35N5O5S. The standard InChI is InChI=1S/C28H35N5O5S/c1-2-31-39(36,37)23-8-7-19-11-14-33(18-21(19)15-23)27(34)26(32-28(35)38-22-9-12-29-13-10-22)16-20-17-30-25-6-4-3-5-24(20)25/h3-8,15,17,22,26,29-31H,2,9-14,16,18H2,1H3,(H,32,35)/t26-/m1/s1. The van der Waals surface area contributed by atoms with Crippen molar-refractivity contribution in [2.45, 2.75) is 56.2 Å². The van der Waals surface area contributed by atoms with E-state index in [2.05, 4.69) is 20.3 Å². The van der Waals surface area contributed by atoms with Crippen LogP contribution < -0.4 is 15.4 Å². The van der Waals surface area contributed by atoms with Crippen LogP contribution in [0.3, 0.4) is 0 Å². The van der Waals surface area contributed by atoms with Crippen LogP contribution in [0.15, 0.2) is 53.6 Å². The molecule has 2 amide bonds. The number of aromatic nitrogens is 1. The normalized spacial score (nSPS) is 17.0. The molecular weight excluding hydrogens is 518 g/mol. The molecule has 2 aliphatic rings. The smallest absolute Gasteiger partial charge is 0.408 e. The molecule has 2 aromatic carbocycles. The number of benzene rings is 2. The summed E-state index contributed by atoms with van der Waals surface area (Å²) < 4.78 is 33.3. The fourth-order valence-corrected chi connectivity index (χ4v) is 6.44. The van der Waals surface area contributed by atoms with E-state index in [0.717, 1.165) is 53.5 Å². The molecule has 5 rings (SSSR count). The third-order valence-corrected chi connectivity index (χ3v) is 8.94. The highest BCUT2D eigenvalue weighted by Gasteiger charge is 2.31. The van der Waals surface area contributed by atoms with Gasteiger partial charge in [0.25, 0.3) is 0 Å². The SMILES string of the molecule is CCNS(=O)(=O)c1ccc2c(c1)CN(C(=O)[C@@H](Cc1c[nH]c3ccccc13)NC(=O)OC1CCNCC1)CC2. The molecule has 1 saturated heterocycles. The van der Waals surface area contributed by atoms with Crippen molar-refractivity contribution >= 4 is 32.9 Å². The van der Waals surface area contributed by atoms with E-state index in [0.29, 0.717) is 25.9 Å². The van der Waals surface area contributed by atoms with Crippen molar-refractivity contribution in [2.24, 2.45) is 0 Å². The number of para-hydroxylation sites is 1. The molecule has 0 saturated carbocycles. The highest BCUT2D eigenvalue weighted by Crippen LogP contribution is 2.25. The number of hydrogen-bond acceptors (Lipinski definition) is 6. The molecule has 1 atom stereocenters. The van der Waals surface area contributed by atoms with Crippen molar-refractivity contribution in [3.8, 4) is 0 Å². The predicted octanol–water partition coefficient (Wildman–Crippen LogP) is 2.44. The topological polar surface area (TPSA) is 133 Å². The van der Waals surface area contributed by atoms with Crippen molar-refractivity contribution in [1.29, 1.82) is 0 Å². The van der Waals surface area contributed by atoms with E-state index in [9.17, 15) is 18.0 Å². The van der Waals surface area contributed by atoms with Gasteiger partial charge in [-0.2, -0.15) is 0 Å². The minimum atomic E-state index is -3.62. The number of aromatic amines is 1. The third-order valence-electron chi connectivity index (χ3n) is 7.40. The van der Waals surface area contributed by atoms with Crippen LogP contribution in [0.5, 0.6) is 0 Å². The van der Waals surface area contributed by atoms with Crippen LogP contribution in [0.25, 0.3) is 10.9 Å². The summed E-state index contributed by atoms with van der Waals surface area (Å²) in [6.45, 7) is 4.33. The van der Waals surface area contributed by atoms with E-state index in [1.807, 2.05) is 36.5 Å². The van der Waals surface area contributed by atoms with Gasteiger partial charge in [-0.25, -0.2) is 17.9 Å². The average molecular weight is 554 g/mol. The van der Waals surface area contributed by atoms with Crippen LogP contribution in [0.1, 0.15) is 36.5 Å². The van der Waals surface area contributed by atoms with Gasteiger partial charge < -0.3 is 25.3 Å². The Balaban J connectivity index is 1.36. The van der Waals surface area contributed by atoms with Gasteiger partial charge in [-0.1, -0.05) is 31.2 Å². The Labute approximate surface area is 228 Å². The number of carbonyl (C=O) groups is 2. The molecule has 3 heterocycles. The number of sulfonamides is 1. The van der Waals surface area contributed by atoms with Crippen LogP contribution in [-0.2, 0) is 38.9 Å². The first kappa shape index (κ1) is 27.2. The van der Waals surface area contributed by atoms with Crippen LogP contribution in [0, 0.1) is 0 Å². The summed E-state index contributed by atoms with van der Waals surface area (Å²) >= 11 is 0. The summed E-state index contributed by atoms with van der Waals surface area (Å²) in [6, 6.07) is 12.1. The summed E-state index contributed by atoms with van der Waals surface area (Å²) in [5.41, 5.74) is 3.68. The highest BCUT2D eigenvalue weighted by atomic mass is 32.2. The first-order valence-electron chi connectivity index (χ1n) is 13.5. The van der Waals surface area contributed by atoms with E-state index in [-0.39, 0.29) is 23.5 Å². The highest BCUT2D eigenvalue weighted by molar-refractivity contribution is 7.89. The van der Waals surface area contributed by atoms with Crippen molar-refractivity contribution in [2.75, 3.05) is 26.2 Å². The van der Waals surface area contributed by atoms with Gasteiger partial charge in [0.15, 0.2) is 0 Å². The zero-order valence-corrected chi connectivity index (χ0v) is 22.9. The Morgan fingerprint density at radius 1 is 1.13 bits per heavy atom. The quantitative estimate of drug-likeness (QED) is 0.339. The number of ether oxygens (including phenoxy) is 1. The molecule has 11 heteroatoms. The van der Waals surface area contributed by atoms with Gasteiger partial charge in [0.2, 0.25) is 15.9 Å². The average Bonchev–Trinajstić information content (AvgIpc) is 3.35. The number of fused-ring (bicyclic) bond motifs is 2. The Morgan fingerprint density at radius 3 is 2.72 bits per heavy atom.